The van der Waals surface area contributed by atoms with Crippen LogP contribution in [-0.4, -0.2) is 43.3 Å². The van der Waals surface area contributed by atoms with Crippen molar-refractivity contribution in [3.8, 4) is 0 Å². The van der Waals surface area contributed by atoms with Gasteiger partial charge in [0, 0.05) is 20.1 Å². The van der Waals surface area contributed by atoms with Gasteiger partial charge >= 0.3 is 6.09 Å². The first-order valence-corrected chi connectivity index (χ1v) is 7.41. The van der Waals surface area contributed by atoms with E-state index in [1.165, 1.54) is 0 Å². The number of nitrogens with zero attached hydrogens (tertiary/aromatic N) is 1. The van der Waals surface area contributed by atoms with E-state index in [4.69, 9.17) is 4.74 Å². The molecule has 21 heavy (non-hydrogen) atoms. The third-order valence-corrected chi connectivity index (χ3v) is 2.44. The molecule has 0 rings (SSSR count). The van der Waals surface area contributed by atoms with Crippen LogP contribution in [0.15, 0.2) is 4.99 Å². The van der Waals surface area contributed by atoms with Gasteiger partial charge in [-0.3, -0.25) is 4.99 Å². The van der Waals surface area contributed by atoms with Gasteiger partial charge in [0.15, 0.2) is 5.96 Å². The van der Waals surface area contributed by atoms with Crippen molar-refractivity contribution in [1.29, 1.82) is 0 Å². The summed E-state index contributed by atoms with van der Waals surface area (Å²) in [5, 5.41) is 9.28. The molecule has 3 N–H and O–H groups in total. The molecule has 6 heteroatoms. The zero-order valence-electron chi connectivity index (χ0n) is 14.8. The molecule has 0 aliphatic carbocycles. The van der Waals surface area contributed by atoms with Crippen LogP contribution in [0.4, 0.5) is 4.79 Å². The summed E-state index contributed by atoms with van der Waals surface area (Å²) in [5.41, 5.74) is -0.944. The standard InChI is InChI=1S/C15H32N4O2/c1-11(2)9-17-12(16-8)18-10-15(6,7)19-13(20)21-14(3,4)5/h11H,9-10H2,1-8H3,(H,19,20)(H2,16,17,18). The van der Waals surface area contributed by atoms with Gasteiger partial charge in [0.25, 0.3) is 0 Å². The Labute approximate surface area is 129 Å². The van der Waals surface area contributed by atoms with Gasteiger partial charge in [-0.25, -0.2) is 4.79 Å². The third kappa shape index (κ3) is 10.9. The Kier molecular flexibility index (Phi) is 7.53. The smallest absolute Gasteiger partial charge is 0.408 e. The Morgan fingerprint density at radius 3 is 2.14 bits per heavy atom. The van der Waals surface area contributed by atoms with E-state index in [1.54, 1.807) is 7.05 Å². The van der Waals surface area contributed by atoms with Gasteiger partial charge in [0.05, 0.1) is 5.54 Å². The molecular weight excluding hydrogens is 268 g/mol. The number of ether oxygens (including phenoxy) is 1. The van der Waals surface area contributed by atoms with Crippen molar-refractivity contribution < 1.29 is 9.53 Å². The number of hydrogen-bond donors (Lipinski definition) is 3. The first-order valence-electron chi connectivity index (χ1n) is 7.41. The number of aliphatic imine (C=N–C) groups is 1. The van der Waals surface area contributed by atoms with Crippen molar-refractivity contribution in [3.63, 3.8) is 0 Å². The van der Waals surface area contributed by atoms with E-state index in [9.17, 15) is 4.79 Å². The first kappa shape index (κ1) is 19.5. The SMILES string of the molecule is CN=C(NCC(C)C)NCC(C)(C)NC(=O)OC(C)(C)C. The molecule has 0 radical (unpaired) electrons. The molecule has 0 aliphatic rings. The number of carbonyl (C=O) groups is 1. The van der Waals surface area contributed by atoms with Gasteiger partial charge in [-0.05, 0) is 40.5 Å². The quantitative estimate of drug-likeness (QED) is 0.537. The molecule has 0 bridgehead atoms. The van der Waals surface area contributed by atoms with E-state index in [-0.39, 0.29) is 0 Å². The number of amides is 1. The minimum Gasteiger partial charge on any atom is -0.444 e. The van der Waals surface area contributed by atoms with Crippen molar-refractivity contribution in [2.75, 3.05) is 20.1 Å². The van der Waals surface area contributed by atoms with E-state index >= 15 is 0 Å². The Morgan fingerprint density at radius 2 is 1.71 bits per heavy atom. The molecule has 0 saturated heterocycles. The zero-order valence-corrected chi connectivity index (χ0v) is 14.8. The minimum absolute atomic E-state index is 0.417. The Hall–Kier alpha value is -1.46. The summed E-state index contributed by atoms with van der Waals surface area (Å²) in [5.74, 6) is 1.26. The molecule has 0 saturated carbocycles. The first-order chi connectivity index (χ1) is 9.45. The average molecular weight is 300 g/mol. The van der Waals surface area contributed by atoms with Crippen LogP contribution in [0, 0.1) is 5.92 Å². The van der Waals surface area contributed by atoms with Gasteiger partial charge < -0.3 is 20.7 Å². The third-order valence-electron chi connectivity index (χ3n) is 2.44. The van der Waals surface area contributed by atoms with Crippen LogP contribution in [-0.2, 0) is 4.74 Å². The number of guanidine groups is 1. The van der Waals surface area contributed by atoms with Crippen LogP contribution in [0.2, 0.25) is 0 Å². The van der Waals surface area contributed by atoms with E-state index in [0.29, 0.717) is 12.5 Å². The lowest BCUT2D eigenvalue weighted by molar-refractivity contribution is 0.0474. The van der Waals surface area contributed by atoms with E-state index in [2.05, 4.69) is 34.8 Å². The lowest BCUT2D eigenvalue weighted by Crippen LogP contribution is -2.54. The highest BCUT2D eigenvalue weighted by molar-refractivity contribution is 5.79. The molecule has 0 aromatic heterocycles. The van der Waals surface area contributed by atoms with Crippen LogP contribution in [0.3, 0.4) is 0 Å². The van der Waals surface area contributed by atoms with Crippen molar-refractivity contribution >= 4 is 12.1 Å². The molecule has 0 heterocycles. The summed E-state index contributed by atoms with van der Waals surface area (Å²) in [6.45, 7) is 15.0. The summed E-state index contributed by atoms with van der Waals surface area (Å²) >= 11 is 0. The van der Waals surface area contributed by atoms with Crippen molar-refractivity contribution in [3.05, 3.63) is 0 Å². The molecule has 124 valence electrons. The molecule has 0 aromatic carbocycles. The van der Waals surface area contributed by atoms with E-state index in [0.717, 1.165) is 12.5 Å². The van der Waals surface area contributed by atoms with Gasteiger partial charge in [-0.2, -0.15) is 0 Å². The summed E-state index contributed by atoms with van der Waals surface area (Å²) in [6.07, 6.45) is -0.417. The van der Waals surface area contributed by atoms with Crippen LogP contribution < -0.4 is 16.0 Å². The maximum absolute atomic E-state index is 11.8. The fourth-order valence-electron chi connectivity index (χ4n) is 1.45. The molecule has 1 amide bonds. The molecular formula is C15H32N4O2. The van der Waals surface area contributed by atoms with Crippen LogP contribution in [0.25, 0.3) is 0 Å². The Morgan fingerprint density at radius 1 is 1.14 bits per heavy atom. The van der Waals surface area contributed by atoms with Crippen LogP contribution in [0.5, 0.6) is 0 Å². The number of alkyl carbamates (subject to hydrolysis) is 1. The number of rotatable bonds is 5. The van der Waals surface area contributed by atoms with Crippen molar-refractivity contribution in [2.24, 2.45) is 10.9 Å². The predicted molar refractivity (Wildman–Crippen MR) is 87.7 cm³/mol. The average Bonchev–Trinajstić information content (AvgIpc) is 2.25. The summed E-state index contributed by atoms with van der Waals surface area (Å²) in [7, 11) is 1.73. The zero-order chi connectivity index (χ0) is 16.7. The van der Waals surface area contributed by atoms with Gasteiger partial charge in [0.1, 0.15) is 5.60 Å². The maximum atomic E-state index is 11.8. The van der Waals surface area contributed by atoms with E-state index in [1.807, 2.05) is 34.6 Å². The van der Waals surface area contributed by atoms with Crippen molar-refractivity contribution in [1.82, 2.24) is 16.0 Å². The molecule has 0 aromatic rings. The predicted octanol–water partition coefficient (Wildman–Crippen LogP) is 2.11. The van der Waals surface area contributed by atoms with Gasteiger partial charge in [-0.15, -0.1) is 0 Å². The highest BCUT2D eigenvalue weighted by Crippen LogP contribution is 2.09. The fraction of sp³-hybridized carbons (Fsp3) is 0.867. The maximum Gasteiger partial charge on any atom is 0.408 e. The number of hydrogen-bond acceptors (Lipinski definition) is 3. The minimum atomic E-state index is -0.498. The second kappa shape index (κ2) is 8.10. The number of carbonyl (C=O) groups excluding carboxylic acids is 1. The second-order valence-corrected chi connectivity index (χ2v) is 7.21. The van der Waals surface area contributed by atoms with Crippen LogP contribution in [0.1, 0.15) is 48.5 Å². The molecule has 0 aliphatic heterocycles. The normalized spacial score (nSPS) is 13.1. The lowest BCUT2D eigenvalue weighted by atomic mass is 10.1. The fourth-order valence-corrected chi connectivity index (χ4v) is 1.45. The molecule has 0 spiro atoms. The second-order valence-electron chi connectivity index (χ2n) is 7.21. The topological polar surface area (TPSA) is 74.8 Å². The monoisotopic (exact) mass is 300 g/mol. The lowest BCUT2D eigenvalue weighted by Gasteiger charge is -2.29. The van der Waals surface area contributed by atoms with Crippen LogP contribution >= 0.6 is 0 Å². The molecule has 0 fully saturated rings. The molecule has 6 nitrogen and oxygen atoms in total. The largest absolute Gasteiger partial charge is 0.444 e. The summed E-state index contributed by atoms with van der Waals surface area (Å²) < 4.78 is 5.26. The molecule has 0 unspecified atom stereocenters. The highest BCUT2D eigenvalue weighted by Gasteiger charge is 2.24. The molecule has 0 atom stereocenters. The summed E-state index contributed by atoms with van der Waals surface area (Å²) in [4.78, 5) is 15.9. The summed E-state index contributed by atoms with van der Waals surface area (Å²) in [6, 6.07) is 0. The van der Waals surface area contributed by atoms with Gasteiger partial charge in [0.2, 0.25) is 0 Å². The Bertz CT molecular complexity index is 357. The van der Waals surface area contributed by atoms with Crippen molar-refractivity contribution in [2.45, 2.75) is 59.6 Å². The van der Waals surface area contributed by atoms with Gasteiger partial charge in [-0.1, -0.05) is 13.8 Å². The van der Waals surface area contributed by atoms with E-state index < -0.39 is 17.2 Å². The Balaban J connectivity index is 4.31. The number of nitrogens with one attached hydrogen (secondary N) is 3. The highest BCUT2D eigenvalue weighted by atomic mass is 16.6.